The van der Waals surface area contributed by atoms with E-state index in [0.29, 0.717) is 28.4 Å². The zero-order valence-electron chi connectivity index (χ0n) is 17.9. The summed E-state index contributed by atoms with van der Waals surface area (Å²) in [5.74, 6) is 5.84. The van der Waals surface area contributed by atoms with Gasteiger partial charge in [0, 0.05) is 11.8 Å². The van der Waals surface area contributed by atoms with Crippen molar-refractivity contribution >= 4 is 5.97 Å². The molecule has 0 atom stereocenters. The molecule has 0 aliphatic heterocycles. The number of rotatable bonds is 6. The van der Waals surface area contributed by atoms with Crippen LogP contribution in [0.25, 0.3) is 0 Å². The maximum atomic E-state index is 12.6. The lowest BCUT2D eigenvalue weighted by atomic mass is 10.1. The summed E-state index contributed by atoms with van der Waals surface area (Å²) in [7, 11) is 0. The third-order valence-electron chi connectivity index (χ3n) is 4.38. The van der Waals surface area contributed by atoms with Crippen molar-refractivity contribution in [3.8, 4) is 29.1 Å². The number of pyridine rings is 1. The van der Waals surface area contributed by atoms with Crippen LogP contribution in [0.3, 0.4) is 0 Å². The number of carboxylic acids is 1. The first-order chi connectivity index (χ1) is 15.6. The van der Waals surface area contributed by atoms with E-state index in [9.17, 15) is 18.0 Å². The van der Waals surface area contributed by atoms with E-state index >= 15 is 0 Å². The van der Waals surface area contributed by atoms with Crippen molar-refractivity contribution in [1.29, 1.82) is 0 Å². The van der Waals surface area contributed by atoms with Gasteiger partial charge in [0.25, 0.3) is 0 Å². The quantitative estimate of drug-likeness (QED) is 0.493. The number of aliphatic carboxylic acids is 1. The lowest BCUT2D eigenvalue weighted by Gasteiger charge is -2.13. The van der Waals surface area contributed by atoms with Crippen molar-refractivity contribution in [2.75, 3.05) is 6.61 Å². The van der Waals surface area contributed by atoms with E-state index in [0.717, 1.165) is 23.4 Å². The Bertz CT molecular complexity index is 1210. The second-order valence-corrected chi connectivity index (χ2v) is 7.30. The van der Waals surface area contributed by atoms with Crippen LogP contribution in [0.5, 0.6) is 17.2 Å². The molecule has 8 heteroatoms. The average Bonchev–Trinajstić information content (AvgIpc) is 2.72. The summed E-state index contributed by atoms with van der Waals surface area (Å²) in [6, 6.07) is 12.7. The molecule has 33 heavy (non-hydrogen) atoms. The zero-order valence-corrected chi connectivity index (χ0v) is 17.9. The molecule has 0 aliphatic rings. The van der Waals surface area contributed by atoms with Crippen molar-refractivity contribution in [2.45, 2.75) is 26.4 Å². The van der Waals surface area contributed by atoms with Gasteiger partial charge in [0.1, 0.15) is 18.1 Å². The molecule has 170 valence electrons. The van der Waals surface area contributed by atoms with Crippen molar-refractivity contribution in [3.05, 3.63) is 82.7 Å². The number of benzene rings is 2. The fourth-order valence-corrected chi connectivity index (χ4v) is 2.99. The third-order valence-corrected chi connectivity index (χ3v) is 4.38. The molecule has 3 rings (SSSR count). The lowest BCUT2D eigenvalue weighted by Crippen LogP contribution is -2.07. The summed E-state index contributed by atoms with van der Waals surface area (Å²) < 4.78 is 49.4. The highest BCUT2D eigenvalue weighted by atomic mass is 19.4. The van der Waals surface area contributed by atoms with Crippen LogP contribution < -0.4 is 9.47 Å². The van der Waals surface area contributed by atoms with Crippen molar-refractivity contribution in [2.24, 2.45) is 0 Å². The highest BCUT2D eigenvalue weighted by molar-refractivity contribution is 5.70. The highest BCUT2D eigenvalue weighted by Gasteiger charge is 2.31. The Hall–Kier alpha value is -3.99. The number of hydrogen-bond donors (Lipinski definition) is 1. The molecule has 2 aromatic carbocycles. The summed E-state index contributed by atoms with van der Waals surface area (Å²) in [6.45, 7) is 3.70. The van der Waals surface area contributed by atoms with Crippen LogP contribution in [-0.2, 0) is 17.4 Å². The standard InChI is InChI=1S/C25H20F3NO4/c1-16-5-7-21(33-20-11-17(2)10-19(13-20)14-24(30)31)22(12-16)32-9-3-4-18-6-8-23(29-15-18)25(26,27)28/h5-8,10-13,15H,9,14H2,1-2H3,(H,30,31). The maximum Gasteiger partial charge on any atom is 0.433 e. The number of carboxylic acid groups (broad SMARTS) is 1. The third kappa shape index (κ3) is 7.01. The van der Waals surface area contributed by atoms with Gasteiger partial charge in [-0.15, -0.1) is 0 Å². The predicted molar refractivity (Wildman–Crippen MR) is 115 cm³/mol. The normalized spacial score (nSPS) is 10.8. The molecule has 3 aromatic rings. The van der Waals surface area contributed by atoms with Gasteiger partial charge in [-0.3, -0.25) is 9.78 Å². The van der Waals surface area contributed by atoms with Gasteiger partial charge in [-0.05, 0) is 66.9 Å². The summed E-state index contributed by atoms with van der Waals surface area (Å²) in [4.78, 5) is 14.4. The first kappa shape index (κ1) is 23.7. The molecular weight excluding hydrogens is 435 g/mol. The Morgan fingerprint density at radius 1 is 1.03 bits per heavy atom. The molecule has 0 unspecified atom stereocenters. The molecule has 0 spiro atoms. The first-order valence-electron chi connectivity index (χ1n) is 9.86. The summed E-state index contributed by atoms with van der Waals surface area (Å²) in [6.07, 6.45) is -3.56. The molecule has 0 radical (unpaired) electrons. The maximum absolute atomic E-state index is 12.6. The minimum atomic E-state index is -4.50. The van der Waals surface area contributed by atoms with Crippen LogP contribution in [0, 0.1) is 25.7 Å². The molecule has 0 aliphatic carbocycles. The molecule has 1 aromatic heterocycles. The molecule has 5 nitrogen and oxygen atoms in total. The largest absolute Gasteiger partial charge is 0.481 e. The van der Waals surface area contributed by atoms with Crippen LogP contribution in [0.15, 0.2) is 54.7 Å². The Morgan fingerprint density at radius 2 is 1.82 bits per heavy atom. The SMILES string of the molecule is Cc1cc(CC(=O)O)cc(Oc2ccc(C)cc2OCC#Cc2ccc(C(F)(F)F)nc2)c1. The van der Waals surface area contributed by atoms with Crippen LogP contribution >= 0.6 is 0 Å². The molecule has 0 saturated carbocycles. The van der Waals surface area contributed by atoms with Gasteiger partial charge in [-0.1, -0.05) is 24.0 Å². The van der Waals surface area contributed by atoms with E-state index in [1.165, 1.54) is 6.07 Å². The Labute approximate surface area is 188 Å². The molecular formula is C25H20F3NO4. The van der Waals surface area contributed by atoms with Gasteiger partial charge >= 0.3 is 12.1 Å². The summed E-state index contributed by atoms with van der Waals surface area (Å²) in [5.41, 5.74) is 1.75. The van der Waals surface area contributed by atoms with E-state index in [4.69, 9.17) is 14.6 Å². The average molecular weight is 455 g/mol. The van der Waals surface area contributed by atoms with Gasteiger partial charge in [0.05, 0.1) is 6.42 Å². The number of aromatic nitrogens is 1. The number of carbonyl (C=O) groups is 1. The number of aryl methyl sites for hydroxylation is 2. The Morgan fingerprint density at radius 3 is 2.48 bits per heavy atom. The fraction of sp³-hybridized carbons (Fsp3) is 0.200. The minimum Gasteiger partial charge on any atom is -0.481 e. The van der Waals surface area contributed by atoms with E-state index in [1.54, 1.807) is 30.3 Å². The summed E-state index contributed by atoms with van der Waals surface area (Å²) >= 11 is 0. The van der Waals surface area contributed by atoms with Gasteiger partial charge in [-0.2, -0.15) is 13.2 Å². The van der Waals surface area contributed by atoms with Gasteiger partial charge in [0.2, 0.25) is 0 Å². The van der Waals surface area contributed by atoms with Gasteiger partial charge in [0.15, 0.2) is 11.5 Å². The zero-order chi connectivity index (χ0) is 24.0. The predicted octanol–water partition coefficient (Wildman–Crippen LogP) is 5.57. The molecule has 1 heterocycles. The first-order valence-corrected chi connectivity index (χ1v) is 9.86. The van der Waals surface area contributed by atoms with Crippen LogP contribution in [0.4, 0.5) is 13.2 Å². The van der Waals surface area contributed by atoms with E-state index < -0.39 is 17.8 Å². The monoisotopic (exact) mass is 455 g/mol. The summed E-state index contributed by atoms with van der Waals surface area (Å²) in [5, 5.41) is 9.04. The minimum absolute atomic E-state index is 0.0289. The van der Waals surface area contributed by atoms with E-state index in [-0.39, 0.29) is 13.0 Å². The number of ether oxygens (including phenoxy) is 2. The molecule has 0 amide bonds. The second kappa shape index (κ2) is 10.1. The van der Waals surface area contributed by atoms with Crippen molar-refractivity contribution in [3.63, 3.8) is 0 Å². The molecule has 0 bridgehead atoms. The van der Waals surface area contributed by atoms with Crippen molar-refractivity contribution < 1.29 is 32.5 Å². The van der Waals surface area contributed by atoms with Crippen LogP contribution in [0.2, 0.25) is 0 Å². The highest BCUT2D eigenvalue weighted by Crippen LogP contribution is 2.33. The topological polar surface area (TPSA) is 68.7 Å². The molecule has 0 saturated heterocycles. The fourth-order valence-electron chi connectivity index (χ4n) is 2.99. The number of nitrogens with zero attached hydrogens (tertiary/aromatic N) is 1. The number of alkyl halides is 3. The van der Waals surface area contributed by atoms with Gasteiger partial charge < -0.3 is 14.6 Å². The smallest absolute Gasteiger partial charge is 0.433 e. The molecule has 0 fully saturated rings. The second-order valence-electron chi connectivity index (χ2n) is 7.30. The van der Waals surface area contributed by atoms with E-state index in [1.807, 2.05) is 19.9 Å². The number of halogens is 3. The van der Waals surface area contributed by atoms with Crippen LogP contribution in [-0.4, -0.2) is 22.7 Å². The Balaban J connectivity index is 1.72. The number of hydrogen-bond acceptors (Lipinski definition) is 4. The van der Waals surface area contributed by atoms with E-state index in [2.05, 4.69) is 16.8 Å². The molecule has 1 N–H and O–H groups in total. The van der Waals surface area contributed by atoms with Gasteiger partial charge in [-0.25, -0.2) is 0 Å². The van der Waals surface area contributed by atoms with Crippen molar-refractivity contribution in [1.82, 2.24) is 4.98 Å². The Kier molecular flexibility index (Phi) is 7.23. The lowest BCUT2D eigenvalue weighted by molar-refractivity contribution is -0.141. The van der Waals surface area contributed by atoms with Crippen LogP contribution in [0.1, 0.15) is 27.9 Å².